The van der Waals surface area contributed by atoms with Crippen molar-refractivity contribution in [2.45, 2.75) is 51.5 Å². The van der Waals surface area contributed by atoms with E-state index in [0.29, 0.717) is 44.8 Å². The summed E-state index contributed by atoms with van der Waals surface area (Å²) in [7, 11) is 0. The summed E-state index contributed by atoms with van der Waals surface area (Å²) in [5, 5.41) is 4.43. The van der Waals surface area contributed by atoms with Crippen LogP contribution in [0.5, 0.6) is 0 Å². The fourth-order valence-corrected chi connectivity index (χ4v) is 3.93. The Hall–Kier alpha value is -2.38. The number of amides is 2. The highest BCUT2D eigenvalue weighted by molar-refractivity contribution is 5.87. The topological polar surface area (TPSA) is 91.3 Å². The molecule has 1 aromatic rings. The monoisotopic (exact) mass is 375 g/mol. The Labute approximate surface area is 159 Å². The van der Waals surface area contributed by atoms with Gasteiger partial charge < -0.3 is 9.80 Å². The summed E-state index contributed by atoms with van der Waals surface area (Å²) in [4.78, 5) is 43.1. The summed E-state index contributed by atoms with van der Waals surface area (Å²) in [6.45, 7) is 10.0. The third kappa shape index (κ3) is 4.14. The van der Waals surface area contributed by atoms with Gasteiger partial charge in [-0.25, -0.2) is 9.48 Å². The van der Waals surface area contributed by atoms with Crippen LogP contribution in [-0.4, -0.2) is 62.6 Å². The summed E-state index contributed by atoms with van der Waals surface area (Å²) in [6, 6.07) is 0.0392. The van der Waals surface area contributed by atoms with Gasteiger partial charge in [-0.15, -0.1) is 0 Å². The largest absolute Gasteiger partial charge is 0.343 e. The first kappa shape index (κ1) is 19.4. The lowest BCUT2D eigenvalue weighted by molar-refractivity contribution is -0.140. The first-order valence-electron chi connectivity index (χ1n) is 9.79. The molecule has 2 aliphatic heterocycles. The Morgan fingerprint density at radius 3 is 2.22 bits per heavy atom. The molecule has 0 aromatic carbocycles. The number of nitrogens with zero attached hydrogens (tertiary/aromatic N) is 4. The zero-order chi connectivity index (χ0) is 19.6. The van der Waals surface area contributed by atoms with Gasteiger partial charge in [-0.3, -0.25) is 14.6 Å². The number of hydrogen-bond donors (Lipinski definition) is 1. The lowest BCUT2D eigenvalue weighted by Gasteiger charge is -2.37. The molecule has 8 heteroatoms. The second kappa shape index (κ2) is 8.10. The molecular formula is C19H29N5O3. The predicted molar refractivity (Wildman–Crippen MR) is 101 cm³/mol. The second-order valence-corrected chi connectivity index (χ2v) is 7.77. The number of likely N-dealkylation sites (tertiary alicyclic amines) is 2. The van der Waals surface area contributed by atoms with Gasteiger partial charge in [0.25, 0.3) is 0 Å². The standard InChI is InChI=1S/C19H29N5O3/c1-4-16(25)22-9-5-14(6-10-22)18(26)23-11-7-15(8-12-23)24-19(27)20-17(21-24)13(2)3/h4,13-15H,1,5-12H2,2-3H3,(H,20,21,27). The zero-order valence-electron chi connectivity index (χ0n) is 16.2. The number of nitrogens with one attached hydrogen (secondary N) is 1. The molecule has 2 fully saturated rings. The maximum atomic E-state index is 12.8. The average Bonchev–Trinajstić information content (AvgIpc) is 3.09. The number of aromatic amines is 1. The average molecular weight is 375 g/mol. The fourth-order valence-electron chi connectivity index (χ4n) is 3.93. The summed E-state index contributed by atoms with van der Waals surface area (Å²) in [5.41, 5.74) is -0.164. The van der Waals surface area contributed by atoms with Crippen molar-refractivity contribution in [3.63, 3.8) is 0 Å². The van der Waals surface area contributed by atoms with Crippen molar-refractivity contribution >= 4 is 11.8 Å². The molecule has 3 heterocycles. The molecule has 0 unspecified atom stereocenters. The van der Waals surface area contributed by atoms with Crippen molar-refractivity contribution in [3.8, 4) is 0 Å². The van der Waals surface area contributed by atoms with Crippen LogP contribution < -0.4 is 5.69 Å². The van der Waals surface area contributed by atoms with Gasteiger partial charge in [0.1, 0.15) is 5.82 Å². The van der Waals surface area contributed by atoms with E-state index in [9.17, 15) is 14.4 Å². The van der Waals surface area contributed by atoms with Crippen LogP contribution >= 0.6 is 0 Å². The third-order valence-electron chi connectivity index (χ3n) is 5.66. The van der Waals surface area contributed by atoms with E-state index in [4.69, 9.17) is 0 Å². The van der Waals surface area contributed by atoms with E-state index >= 15 is 0 Å². The normalized spacial score (nSPS) is 19.5. The van der Waals surface area contributed by atoms with Gasteiger partial charge in [-0.1, -0.05) is 20.4 Å². The molecule has 0 aliphatic carbocycles. The number of aromatic nitrogens is 3. The van der Waals surface area contributed by atoms with Crippen molar-refractivity contribution in [3.05, 3.63) is 29.0 Å². The Morgan fingerprint density at radius 1 is 1.11 bits per heavy atom. The molecule has 2 aliphatic rings. The van der Waals surface area contributed by atoms with Crippen LogP contribution in [0.3, 0.4) is 0 Å². The van der Waals surface area contributed by atoms with Crippen molar-refractivity contribution in [1.82, 2.24) is 24.6 Å². The van der Waals surface area contributed by atoms with Gasteiger partial charge in [-0.2, -0.15) is 5.10 Å². The minimum absolute atomic E-state index is 0.0175. The van der Waals surface area contributed by atoms with E-state index in [1.165, 1.54) is 6.08 Å². The molecule has 27 heavy (non-hydrogen) atoms. The lowest BCUT2D eigenvalue weighted by Crippen LogP contribution is -2.47. The van der Waals surface area contributed by atoms with Crippen LogP contribution in [0.15, 0.2) is 17.4 Å². The van der Waals surface area contributed by atoms with E-state index in [1.54, 1.807) is 9.58 Å². The van der Waals surface area contributed by atoms with Gasteiger partial charge in [0.2, 0.25) is 11.8 Å². The summed E-state index contributed by atoms with van der Waals surface area (Å²) >= 11 is 0. The minimum Gasteiger partial charge on any atom is -0.342 e. The molecule has 2 saturated heterocycles. The SMILES string of the molecule is C=CC(=O)N1CCC(C(=O)N2CCC(n3nc(C(C)C)[nH]c3=O)CC2)CC1. The van der Waals surface area contributed by atoms with E-state index in [0.717, 1.165) is 12.8 Å². The highest BCUT2D eigenvalue weighted by Crippen LogP contribution is 2.25. The highest BCUT2D eigenvalue weighted by atomic mass is 16.2. The van der Waals surface area contributed by atoms with E-state index in [1.807, 2.05) is 18.7 Å². The van der Waals surface area contributed by atoms with Crippen LogP contribution in [0.1, 0.15) is 57.3 Å². The van der Waals surface area contributed by atoms with Crippen LogP contribution in [0, 0.1) is 5.92 Å². The first-order valence-corrected chi connectivity index (χ1v) is 9.79. The molecule has 3 rings (SSSR count). The summed E-state index contributed by atoms with van der Waals surface area (Å²) in [6.07, 6.45) is 4.21. The van der Waals surface area contributed by atoms with Crippen molar-refractivity contribution in [1.29, 1.82) is 0 Å². The van der Waals surface area contributed by atoms with Gasteiger partial charge in [0.15, 0.2) is 0 Å². The molecule has 1 N–H and O–H groups in total. The van der Waals surface area contributed by atoms with Crippen LogP contribution in [-0.2, 0) is 9.59 Å². The van der Waals surface area contributed by atoms with Crippen molar-refractivity contribution in [2.24, 2.45) is 5.92 Å². The molecule has 2 amide bonds. The molecule has 0 spiro atoms. The van der Waals surface area contributed by atoms with E-state index in [-0.39, 0.29) is 35.4 Å². The molecule has 148 valence electrons. The van der Waals surface area contributed by atoms with Crippen LogP contribution in [0.2, 0.25) is 0 Å². The lowest BCUT2D eigenvalue weighted by atomic mass is 9.93. The van der Waals surface area contributed by atoms with Gasteiger partial charge in [0, 0.05) is 38.0 Å². The Kier molecular flexibility index (Phi) is 5.82. The van der Waals surface area contributed by atoms with Gasteiger partial charge in [0.05, 0.1) is 6.04 Å². The Balaban J connectivity index is 1.53. The van der Waals surface area contributed by atoms with Gasteiger partial charge >= 0.3 is 5.69 Å². The van der Waals surface area contributed by atoms with Crippen molar-refractivity contribution < 1.29 is 9.59 Å². The number of carbonyl (C=O) groups excluding carboxylic acids is 2. The molecule has 1 aromatic heterocycles. The quantitative estimate of drug-likeness (QED) is 0.803. The molecule has 8 nitrogen and oxygen atoms in total. The first-order chi connectivity index (χ1) is 12.9. The smallest absolute Gasteiger partial charge is 0.342 e. The number of piperidine rings is 2. The van der Waals surface area contributed by atoms with E-state index in [2.05, 4.69) is 16.7 Å². The Bertz CT molecular complexity index is 750. The third-order valence-corrected chi connectivity index (χ3v) is 5.66. The number of rotatable bonds is 4. The highest BCUT2D eigenvalue weighted by Gasteiger charge is 2.32. The second-order valence-electron chi connectivity index (χ2n) is 7.77. The number of carbonyl (C=O) groups is 2. The van der Waals surface area contributed by atoms with Crippen LogP contribution in [0.4, 0.5) is 0 Å². The maximum absolute atomic E-state index is 12.8. The number of hydrogen-bond acceptors (Lipinski definition) is 4. The minimum atomic E-state index is -0.164. The van der Waals surface area contributed by atoms with Crippen LogP contribution in [0.25, 0.3) is 0 Å². The maximum Gasteiger partial charge on any atom is 0.343 e. The van der Waals surface area contributed by atoms with Crippen molar-refractivity contribution in [2.75, 3.05) is 26.2 Å². The van der Waals surface area contributed by atoms with Gasteiger partial charge in [-0.05, 0) is 31.8 Å². The predicted octanol–water partition coefficient (Wildman–Crippen LogP) is 1.28. The summed E-state index contributed by atoms with van der Waals surface area (Å²) in [5.74, 6) is 0.984. The number of H-pyrrole nitrogens is 1. The zero-order valence-corrected chi connectivity index (χ0v) is 16.2. The molecule has 0 saturated carbocycles. The summed E-state index contributed by atoms with van der Waals surface area (Å²) < 4.78 is 1.55. The Morgan fingerprint density at radius 2 is 1.70 bits per heavy atom. The van der Waals surface area contributed by atoms with E-state index < -0.39 is 0 Å². The fraction of sp³-hybridized carbons (Fsp3) is 0.684. The molecule has 0 bridgehead atoms. The molecular weight excluding hydrogens is 346 g/mol. The molecule has 0 radical (unpaired) electrons. The molecule has 0 atom stereocenters.